The molecule has 0 N–H and O–H groups in total. The third-order valence-corrected chi connectivity index (χ3v) is 4.75. The minimum Gasteiger partial charge on any atom is -0.465 e. The quantitative estimate of drug-likeness (QED) is 0.552. The number of fused-ring (bicyclic) bond motifs is 1. The highest BCUT2D eigenvalue weighted by molar-refractivity contribution is 5.97. The van der Waals surface area contributed by atoms with Crippen molar-refractivity contribution < 1.29 is 23.9 Å². The first-order valence-electron chi connectivity index (χ1n) is 9.04. The number of carbonyl (C=O) groups excluding carboxylic acids is 3. The molecule has 2 aromatic carbocycles. The van der Waals surface area contributed by atoms with Crippen molar-refractivity contribution in [2.45, 2.75) is 38.7 Å². The molecule has 0 fully saturated rings. The Morgan fingerprint density at radius 3 is 2.33 bits per heavy atom. The predicted octanol–water partition coefficient (Wildman–Crippen LogP) is 3.67. The number of rotatable bonds is 7. The maximum atomic E-state index is 12.3. The summed E-state index contributed by atoms with van der Waals surface area (Å²) < 4.78 is 9.84. The van der Waals surface area contributed by atoms with Gasteiger partial charge in [-0.05, 0) is 54.2 Å². The highest BCUT2D eigenvalue weighted by Crippen LogP contribution is 2.23. The van der Waals surface area contributed by atoms with E-state index in [2.05, 4.69) is 4.74 Å². The van der Waals surface area contributed by atoms with Gasteiger partial charge in [0.05, 0.1) is 19.1 Å². The third kappa shape index (κ3) is 4.82. The van der Waals surface area contributed by atoms with Gasteiger partial charge in [-0.2, -0.15) is 0 Å². The molecule has 1 aliphatic rings. The first-order valence-corrected chi connectivity index (χ1v) is 9.04. The Balaban J connectivity index is 1.45. The number of aryl methyl sites for hydroxylation is 2. The van der Waals surface area contributed by atoms with Crippen LogP contribution in [-0.2, 0) is 33.7 Å². The van der Waals surface area contributed by atoms with Gasteiger partial charge < -0.3 is 9.47 Å². The Hall–Kier alpha value is -2.95. The molecule has 0 amide bonds. The van der Waals surface area contributed by atoms with Crippen molar-refractivity contribution in [3.05, 3.63) is 70.3 Å². The average Bonchev–Trinajstić information content (AvgIpc) is 3.18. The summed E-state index contributed by atoms with van der Waals surface area (Å²) in [6, 6.07) is 12.5. The second kappa shape index (κ2) is 8.62. The first-order chi connectivity index (χ1) is 13.1. The molecule has 27 heavy (non-hydrogen) atoms. The highest BCUT2D eigenvalue weighted by atomic mass is 16.5. The molecule has 0 atom stereocenters. The molecule has 0 radical (unpaired) electrons. The molecule has 0 spiro atoms. The maximum Gasteiger partial charge on any atom is 0.337 e. The van der Waals surface area contributed by atoms with Crippen LogP contribution >= 0.6 is 0 Å². The molecule has 5 nitrogen and oxygen atoms in total. The van der Waals surface area contributed by atoms with E-state index < -0.39 is 11.9 Å². The molecule has 0 heterocycles. The van der Waals surface area contributed by atoms with Crippen molar-refractivity contribution in [2.24, 2.45) is 0 Å². The second-order valence-electron chi connectivity index (χ2n) is 6.61. The van der Waals surface area contributed by atoms with Crippen molar-refractivity contribution in [1.82, 2.24) is 0 Å². The zero-order chi connectivity index (χ0) is 19.2. The monoisotopic (exact) mass is 366 g/mol. The van der Waals surface area contributed by atoms with Crippen molar-refractivity contribution >= 4 is 17.7 Å². The van der Waals surface area contributed by atoms with Crippen LogP contribution in [0.3, 0.4) is 0 Å². The summed E-state index contributed by atoms with van der Waals surface area (Å²) in [5.74, 6) is -0.866. The topological polar surface area (TPSA) is 69.7 Å². The normalized spacial score (nSPS) is 12.3. The number of hydrogen-bond acceptors (Lipinski definition) is 5. The SMILES string of the molecule is COC(=O)c1ccc(COC(=O)CCC(=O)c2ccc3c(c2)CCC3)cc1. The summed E-state index contributed by atoms with van der Waals surface area (Å²) in [6.07, 6.45) is 3.43. The van der Waals surface area contributed by atoms with E-state index in [0.29, 0.717) is 11.1 Å². The molecular weight excluding hydrogens is 344 g/mol. The molecule has 0 bridgehead atoms. The van der Waals surface area contributed by atoms with E-state index >= 15 is 0 Å². The van der Waals surface area contributed by atoms with Crippen LogP contribution in [0.2, 0.25) is 0 Å². The van der Waals surface area contributed by atoms with E-state index in [-0.39, 0.29) is 25.2 Å². The molecule has 3 rings (SSSR count). The zero-order valence-electron chi connectivity index (χ0n) is 15.3. The van der Waals surface area contributed by atoms with Crippen LogP contribution in [0.1, 0.15) is 56.7 Å². The van der Waals surface area contributed by atoms with Crippen LogP contribution in [0.15, 0.2) is 42.5 Å². The molecule has 2 aromatic rings. The van der Waals surface area contributed by atoms with Crippen LogP contribution in [-0.4, -0.2) is 24.8 Å². The van der Waals surface area contributed by atoms with Crippen molar-refractivity contribution in [3.8, 4) is 0 Å². The fourth-order valence-electron chi connectivity index (χ4n) is 3.20. The molecule has 0 unspecified atom stereocenters. The summed E-state index contributed by atoms with van der Waals surface area (Å²) in [5, 5.41) is 0. The molecule has 0 aliphatic heterocycles. The molecule has 0 saturated carbocycles. The van der Waals surface area contributed by atoms with Gasteiger partial charge in [-0.15, -0.1) is 0 Å². The number of esters is 2. The average molecular weight is 366 g/mol. The number of hydrogen-bond donors (Lipinski definition) is 0. The molecule has 140 valence electrons. The van der Waals surface area contributed by atoms with Crippen LogP contribution < -0.4 is 0 Å². The number of carbonyl (C=O) groups is 3. The second-order valence-corrected chi connectivity index (χ2v) is 6.61. The number of Topliss-reactive ketones (excluding diaryl/α,β-unsaturated/α-hetero) is 1. The van der Waals surface area contributed by atoms with Crippen LogP contribution in [0.25, 0.3) is 0 Å². The van der Waals surface area contributed by atoms with E-state index in [9.17, 15) is 14.4 Å². The number of benzene rings is 2. The molecule has 5 heteroatoms. The van der Waals surface area contributed by atoms with E-state index in [1.165, 1.54) is 18.2 Å². The van der Waals surface area contributed by atoms with Gasteiger partial charge in [0.25, 0.3) is 0 Å². The summed E-state index contributed by atoms with van der Waals surface area (Å²) >= 11 is 0. The Labute approximate surface area is 158 Å². The van der Waals surface area contributed by atoms with Gasteiger partial charge in [0.2, 0.25) is 0 Å². The summed E-state index contributed by atoms with van der Waals surface area (Å²) in [6.45, 7) is 0.104. The molecule has 0 aromatic heterocycles. The fraction of sp³-hybridized carbons (Fsp3) is 0.318. The summed E-state index contributed by atoms with van der Waals surface area (Å²) in [5.41, 5.74) is 4.44. The number of ketones is 1. The fourth-order valence-corrected chi connectivity index (χ4v) is 3.20. The minimum absolute atomic E-state index is 0.0379. The Morgan fingerprint density at radius 1 is 0.889 bits per heavy atom. The van der Waals surface area contributed by atoms with E-state index in [0.717, 1.165) is 24.8 Å². The largest absolute Gasteiger partial charge is 0.465 e. The van der Waals surface area contributed by atoms with Gasteiger partial charge in [0.15, 0.2) is 5.78 Å². The van der Waals surface area contributed by atoms with Crippen molar-refractivity contribution in [1.29, 1.82) is 0 Å². The summed E-state index contributed by atoms with van der Waals surface area (Å²) in [4.78, 5) is 35.6. The highest BCUT2D eigenvalue weighted by Gasteiger charge is 2.15. The zero-order valence-corrected chi connectivity index (χ0v) is 15.3. The lowest BCUT2D eigenvalue weighted by molar-refractivity contribution is -0.144. The predicted molar refractivity (Wildman–Crippen MR) is 99.6 cm³/mol. The first kappa shape index (κ1) is 18.8. The van der Waals surface area contributed by atoms with Crippen LogP contribution in [0, 0.1) is 0 Å². The Kier molecular flexibility index (Phi) is 6.01. The number of ether oxygens (including phenoxy) is 2. The lowest BCUT2D eigenvalue weighted by Gasteiger charge is -2.07. The van der Waals surface area contributed by atoms with Crippen molar-refractivity contribution in [3.63, 3.8) is 0 Å². The standard InChI is InChI=1S/C22H22O5/c1-26-22(25)17-7-5-15(6-8-17)14-27-21(24)12-11-20(23)19-10-9-16-3-2-4-18(16)13-19/h5-10,13H,2-4,11-12,14H2,1H3. The van der Waals surface area contributed by atoms with Gasteiger partial charge in [-0.25, -0.2) is 4.79 Å². The maximum absolute atomic E-state index is 12.3. The minimum atomic E-state index is -0.415. The van der Waals surface area contributed by atoms with Crippen molar-refractivity contribution in [2.75, 3.05) is 7.11 Å². The molecule has 0 saturated heterocycles. The van der Waals surface area contributed by atoms with Gasteiger partial charge in [-0.3, -0.25) is 9.59 Å². The summed E-state index contributed by atoms with van der Waals surface area (Å²) in [7, 11) is 1.32. The number of methoxy groups -OCH3 is 1. The lowest BCUT2D eigenvalue weighted by Crippen LogP contribution is -2.09. The van der Waals surface area contributed by atoms with Gasteiger partial charge in [-0.1, -0.05) is 24.3 Å². The van der Waals surface area contributed by atoms with Gasteiger partial charge >= 0.3 is 11.9 Å². The van der Waals surface area contributed by atoms with E-state index in [1.54, 1.807) is 24.3 Å². The third-order valence-electron chi connectivity index (χ3n) is 4.75. The lowest BCUT2D eigenvalue weighted by atomic mass is 10.0. The Bertz CT molecular complexity index is 852. The molecular formula is C22H22O5. The van der Waals surface area contributed by atoms with E-state index in [4.69, 9.17) is 4.74 Å². The van der Waals surface area contributed by atoms with Crippen LogP contribution in [0.4, 0.5) is 0 Å². The van der Waals surface area contributed by atoms with E-state index in [1.807, 2.05) is 18.2 Å². The molecule has 1 aliphatic carbocycles. The van der Waals surface area contributed by atoms with Gasteiger partial charge in [0, 0.05) is 12.0 Å². The van der Waals surface area contributed by atoms with Crippen LogP contribution in [0.5, 0.6) is 0 Å². The Morgan fingerprint density at radius 2 is 1.59 bits per heavy atom. The van der Waals surface area contributed by atoms with Gasteiger partial charge in [0.1, 0.15) is 6.61 Å². The smallest absolute Gasteiger partial charge is 0.337 e.